The van der Waals surface area contributed by atoms with E-state index in [0.29, 0.717) is 32.4 Å². The van der Waals surface area contributed by atoms with Crippen molar-refractivity contribution in [3.8, 4) is 12.3 Å². The van der Waals surface area contributed by atoms with Crippen molar-refractivity contribution in [2.75, 3.05) is 6.54 Å². The van der Waals surface area contributed by atoms with Crippen LogP contribution in [0.15, 0.2) is 39.3 Å². The lowest BCUT2D eigenvalue weighted by molar-refractivity contribution is -0.121. The largest absolute Gasteiger partial charge is 0.354 e. The Kier molecular flexibility index (Phi) is 4.70. The number of rotatable bonds is 8. The van der Waals surface area contributed by atoms with Crippen LogP contribution in [0.3, 0.4) is 0 Å². The van der Waals surface area contributed by atoms with Gasteiger partial charge in [0.1, 0.15) is 6.54 Å². The van der Waals surface area contributed by atoms with Crippen molar-refractivity contribution < 1.29 is 4.79 Å². The highest BCUT2D eigenvalue weighted by molar-refractivity contribution is 5.80. The Morgan fingerprint density at radius 2 is 1.92 bits per heavy atom. The molecule has 7 nitrogen and oxygen atoms in total. The molecule has 0 bridgehead atoms. The number of amides is 1. The maximum Gasteiger partial charge on any atom is 0.329 e. The van der Waals surface area contributed by atoms with E-state index >= 15 is 0 Å². The lowest BCUT2D eigenvalue weighted by atomic mass is 10.0. The van der Waals surface area contributed by atoms with Gasteiger partial charge >= 0.3 is 5.69 Å². The number of hydrogen-bond acceptors (Lipinski definition) is 4. The van der Waals surface area contributed by atoms with Crippen LogP contribution in [-0.4, -0.2) is 27.2 Å². The summed E-state index contributed by atoms with van der Waals surface area (Å²) >= 11 is 0. The van der Waals surface area contributed by atoms with Crippen LogP contribution in [0, 0.1) is 12.3 Å². The molecule has 0 atom stereocenters. The van der Waals surface area contributed by atoms with Gasteiger partial charge in [-0.2, -0.15) is 10.2 Å². The second kappa shape index (κ2) is 6.93. The lowest BCUT2D eigenvalue weighted by Crippen LogP contribution is -2.34. The van der Waals surface area contributed by atoms with Gasteiger partial charge in [-0.25, -0.2) is 4.79 Å². The van der Waals surface area contributed by atoms with Crippen molar-refractivity contribution in [1.29, 1.82) is 0 Å². The highest BCUT2D eigenvalue weighted by Crippen LogP contribution is 2.35. The summed E-state index contributed by atoms with van der Waals surface area (Å²) in [5.41, 5.74) is 1.03. The Bertz CT molecular complexity index is 910. The number of imidazole rings is 1. The average Bonchev–Trinajstić information content (AvgIpc) is 3.33. The second-order valence-corrected chi connectivity index (χ2v) is 6.09. The highest BCUT2D eigenvalue weighted by Gasteiger charge is 2.38. The Balaban J connectivity index is 1.62. The van der Waals surface area contributed by atoms with Crippen LogP contribution in [0.5, 0.6) is 0 Å². The van der Waals surface area contributed by atoms with Crippen LogP contribution >= 0.6 is 0 Å². The zero-order chi connectivity index (χ0) is 17.9. The van der Waals surface area contributed by atoms with Gasteiger partial charge in [-0.05, 0) is 19.1 Å². The van der Waals surface area contributed by atoms with Crippen molar-refractivity contribution in [3.63, 3.8) is 0 Å². The lowest BCUT2D eigenvalue weighted by Gasteiger charge is -2.10. The molecular weight excluding hydrogens is 318 g/mol. The molecule has 0 radical (unpaired) electrons. The molecule has 1 N–H and O–H groups in total. The molecule has 2 aromatic rings. The average molecular weight is 339 g/mol. The number of fused-ring (bicyclic) bond motifs is 1. The van der Waals surface area contributed by atoms with Crippen LogP contribution in [-0.2, 0) is 17.9 Å². The monoisotopic (exact) mass is 339 g/mol. The minimum absolute atomic E-state index is 0.00200. The smallest absolute Gasteiger partial charge is 0.329 e. The van der Waals surface area contributed by atoms with E-state index in [1.165, 1.54) is 4.57 Å². The molecule has 130 valence electrons. The quantitative estimate of drug-likeness (QED) is 0.745. The molecule has 1 amide bonds. The van der Waals surface area contributed by atoms with Gasteiger partial charge in [-0.1, -0.05) is 12.1 Å². The molecule has 1 aliphatic rings. The molecule has 0 unspecified atom stereocenters. The molecule has 0 saturated carbocycles. The van der Waals surface area contributed by atoms with Crippen LogP contribution < -0.4 is 11.0 Å². The molecule has 7 heteroatoms. The summed E-state index contributed by atoms with van der Waals surface area (Å²) in [5, 5.41) is 10.9. The number of nitrogens with one attached hydrogen (secondary N) is 1. The first-order valence-electron chi connectivity index (χ1n) is 8.42. The number of carbonyl (C=O) groups excluding carboxylic acids is 1. The number of aromatic nitrogens is 2. The number of para-hydroxylation sites is 2. The highest BCUT2D eigenvalue weighted by atomic mass is 16.2. The number of aryl methyl sites for hydroxylation is 1. The fourth-order valence-corrected chi connectivity index (χ4v) is 3.00. The third-order valence-electron chi connectivity index (χ3n) is 4.44. The SMILES string of the molecule is C#CCCC1(CCNC(=O)Cn2c(=O)n(CC)c3ccccc32)N=N1. The maximum atomic E-state index is 12.5. The molecule has 3 rings (SSSR count). The van der Waals surface area contributed by atoms with Gasteiger partial charge < -0.3 is 5.32 Å². The summed E-state index contributed by atoms with van der Waals surface area (Å²) in [7, 11) is 0. The van der Waals surface area contributed by atoms with E-state index < -0.39 is 5.66 Å². The topological polar surface area (TPSA) is 80.8 Å². The molecule has 1 aromatic carbocycles. The normalized spacial score (nSPS) is 14.4. The number of benzene rings is 1. The van der Waals surface area contributed by atoms with E-state index in [2.05, 4.69) is 21.5 Å². The third-order valence-corrected chi connectivity index (χ3v) is 4.44. The minimum Gasteiger partial charge on any atom is -0.354 e. The van der Waals surface area contributed by atoms with Crippen LogP contribution in [0.1, 0.15) is 26.2 Å². The number of carbonyl (C=O) groups is 1. The third kappa shape index (κ3) is 3.48. The summed E-state index contributed by atoms with van der Waals surface area (Å²) in [6.45, 7) is 2.93. The van der Waals surface area contributed by atoms with Crippen molar-refractivity contribution in [2.45, 2.75) is 44.9 Å². The zero-order valence-corrected chi connectivity index (χ0v) is 14.2. The predicted molar refractivity (Wildman–Crippen MR) is 95.2 cm³/mol. The van der Waals surface area contributed by atoms with Crippen molar-refractivity contribution in [1.82, 2.24) is 14.5 Å². The van der Waals surface area contributed by atoms with E-state index in [9.17, 15) is 9.59 Å². The van der Waals surface area contributed by atoms with Gasteiger partial charge in [0.15, 0.2) is 5.66 Å². The first kappa shape index (κ1) is 17.0. The summed E-state index contributed by atoms with van der Waals surface area (Å²) in [6, 6.07) is 7.49. The fourth-order valence-electron chi connectivity index (χ4n) is 3.00. The van der Waals surface area contributed by atoms with Gasteiger partial charge in [-0.15, -0.1) is 12.3 Å². The van der Waals surface area contributed by atoms with Gasteiger partial charge in [0, 0.05) is 32.4 Å². The summed E-state index contributed by atoms with van der Waals surface area (Å²) in [5.74, 6) is 2.38. The summed E-state index contributed by atoms with van der Waals surface area (Å²) < 4.78 is 3.17. The zero-order valence-electron chi connectivity index (χ0n) is 14.2. The van der Waals surface area contributed by atoms with Gasteiger partial charge in [0.05, 0.1) is 11.0 Å². The van der Waals surface area contributed by atoms with E-state index in [0.717, 1.165) is 11.0 Å². The Morgan fingerprint density at radius 1 is 1.24 bits per heavy atom. The van der Waals surface area contributed by atoms with Gasteiger partial charge in [-0.3, -0.25) is 13.9 Å². The molecular formula is C18H21N5O2. The molecule has 1 aliphatic heterocycles. The van der Waals surface area contributed by atoms with Crippen molar-refractivity contribution in [2.24, 2.45) is 10.2 Å². The fraction of sp³-hybridized carbons (Fsp3) is 0.444. The van der Waals surface area contributed by atoms with Crippen LogP contribution in [0.2, 0.25) is 0 Å². The molecule has 25 heavy (non-hydrogen) atoms. The molecule has 0 aliphatic carbocycles. The van der Waals surface area contributed by atoms with Gasteiger partial charge in [0.25, 0.3) is 0 Å². The van der Waals surface area contributed by atoms with E-state index in [1.807, 2.05) is 31.2 Å². The van der Waals surface area contributed by atoms with Crippen LogP contribution in [0.25, 0.3) is 11.0 Å². The van der Waals surface area contributed by atoms with Crippen molar-refractivity contribution >= 4 is 16.9 Å². The second-order valence-electron chi connectivity index (χ2n) is 6.09. The molecule has 0 spiro atoms. The van der Waals surface area contributed by atoms with Crippen LogP contribution in [0.4, 0.5) is 0 Å². The first-order valence-corrected chi connectivity index (χ1v) is 8.42. The molecule has 0 fully saturated rings. The molecule has 1 aromatic heterocycles. The molecule has 0 saturated heterocycles. The summed E-state index contributed by atoms with van der Waals surface area (Å²) in [4.78, 5) is 24.8. The number of nitrogens with zero attached hydrogens (tertiary/aromatic N) is 4. The van der Waals surface area contributed by atoms with E-state index in [-0.39, 0.29) is 18.1 Å². The van der Waals surface area contributed by atoms with E-state index in [4.69, 9.17) is 6.42 Å². The Morgan fingerprint density at radius 3 is 2.52 bits per heavy atom. The Labute approximate surface area is 145 Å². The molecule has 2 heterocycles. The predicted octanol–water partition coefficient (Wildman–Crippen LogP) is 1.90. The standard InChI is InChI=1S/C18H21N5O2/c1-3-5-10-18(20-21-18)11-12-19-16(24)13-23-15-9-7-6-8-14(15)22(4-2)17(23)25/h1,6-9H,4-5,10-13H2,2H3,(H,19,24). The summed E-state index contributed by atoms with van der Waals surface area (Å²) in [6.07, 6.45) is 7.22. The number of terminal acetylenes is 1. The first-order chi connectivity index (χ1) is 12.1. The van der Waals surface area contributed by atoms with Crippen molar-refractivity contribution in [3.05, 3.63) is 34.7 Å². The van der Waals surface area contributed by atoms with Gasteiger partial charge in [0.2, 0.25) is 5.91 Å². The number of hydrogen-bond donors (Lipinski definition) is 1. The minimum atomic E-state index is -0.408. The maximum absolute atomic E-state index is 12.5. The van der Waals surface area contributed by atoms with E-state index in [1.54, 1.807) is 4.57 Å². The Hall–Kier alpha value is -2.88.